The number of ether oxygens (including phenoxy) is 1. The monoisotopic (exact) mass is 375 g/mol. The summed E-state index contributed by atoms with van der Waals surface area (Å²) in [6, 6.07) is 16.5. The zero-order valence-corrected chi connectivity index (χ0v) is 15.2. The largest absolute Gasteiger partial charge is 0.459 e. The summed E-state index contributed by atoms with van der Waals surface area (Å²) in [5, 5.41) is 2.56. The lowest BCUT2D eigenvalue weighted by Gasteiger charge is -2.17. The van der Waals surface area contributed by atoms with E-state index in [9.17, 15) is 18.0 Å². The highest BCUT2D eigenvalue weighted by Gasteiger charge is 2.24. The van der Waals surface area contributed by atoms with Gasteiger partial charge in [0.15, 0.2) is 0 Å². The van der Waals surface area contributed by atoms with E-state index in [0.717, 1.165) is 11.8 Å². The van der Waals surface area contributed by atoms with Gasteiger partial charge in [-0.3, -0.25) is 4.79 Å². The lowest BCUT2D eigenvalue weighted by atomic mass is 10.1. The van der Waals surface area contributed by atoms with E-state index in [4.69, 9.17) is 4.74 Å². The van der Waals surface area contributed by atoms with Crippen LogP contribution in [0.25, 0.3) is 0 Å². The van der Waals surface area contributed by atoms with Crippen molar-refractivity contribution < 1.29 is 22.7 Å². The number of rotatable bonds is 8. The number of esters is 1. The zero-order chi connectivity index (χ0) is 19.0. The molecule has 0 aromatic heterocycles. The molecule has 2 aromatic rings. The maximum absolute atomic E-state index is 12.4. The molecular weight excluding hydrogens is 354 g/mol. The molecule has 0 heterocycles. The van der Waals surface area contributed by atoms with Crippen molar-refractivity contribution in [2.24, 2.45) is 0 Å². The fourth-order valence-electron chi connectivity index (χ4n) is 2.24. The molecule has 138 valence electrons. The van der Waals surface area contributed by atoms with E-state index in [0.29, 0.717) is 5.56 Å². The van der Waals surface area contributed by atoms with Gasteiger partial charge in [-0.25, -0.2) is 13.2 Å². The Morgan fingerprint density at radius 2 is 1.58 bits per heavy atom. The van der Waals surface area contributed by atoms with Gasteiger partial charge in [0.2, 0.25) is 0 Å². The van der Waals surface area contributed by atoms with E-state index in [-0.39, 0.29) is 18.8 Å². The molecule has 0 bridgehead atoms. The van der Waals surface area contributed by atoms with Crippen LogP contribution in [0, 0.1) is 0 Å². The number of hydrogen-bond donors (Lipinski definition) is 1. The van der Waals surface area contributed by atoms with Crippen molar-refractivity contribution >= 4 is 21.7 Å². The Morgan fingerprint density at radius 3 is 2.15 bits per heavy atom. The summed E-state index contributed by atoms with van der Waals surface area (Å²) in [7, 11) is -3.28. The van der Waals surface area contributed by atoms with Crippen LogP contribution in [0.4, 0.5) is 0 Å². The van der Waals surface area contributed by atoms with E-state index in [1.807, 2.05) is 18.2 Å². The Bertz CT molecular complexity index is 835. The van der Waals surface area contributed by atoms with Crippen LogP contribution in [0.2, 0.25) is 0 Å². The molecule has 2 rings (SSSR count). The minimum atomic E-state index is -3.28. The maximum atomic E-state index is 12.4. The van der Waals surface area contributed by atoms with Crippen molar-refractivity contribution in [3.63, 3.8) is 0 Å². The first-order valence-corrected chi connectivity index (χ1v) is 10.2. The number of amides is 1. The van der Waals surface area contributed by atoms with Crippen LogP contribution in [-0.2, 0) is 26.0 Å². The summed E-state index contributed by atoms with van der Waals surface area (Å²) in [4.78, 5) is 24.7. The van der Waals surface area contributed by atoms with Gasteiger partial charge in [-0.15, -0.1) is 0 Å². The summed E-state index contributed by atoms with van der Waals surface area (Å²) in [5.74, 6) is -1.35. The van der Waals surface area contributed by atoms with Crippen LogP contribution < -0.4 is 5.32 Å². The average Bonchev–Trinajstić information content (AvgIpc) is 2.63. The topological polar surface area (TPSA) is 89.5 Å². The molecule has 0 saturated carbocycles. The second-order valence-corrected chi connectivity index (χ2v) is 8.16. The molecule has 0 aliphatic heterocycles. The second-order valence-electron chi connectivity index (χ2n) is 5.90. The fraction of sp³-hybridized carbons (Fsp3) is 0.263. The first kappa shape index (κ1) is 19.7. The van der Waals surface area contributed by atoms with Gasteiger partial charge in [0.05, 0.1) is 5.75 Å². The van der Waals surface area contributed by atoms with Crippen molar-refractivity contribution in [2.75, 3.05) is 12.0 Å². The molecule has 0 aliphatic rings. The van der Waals surface area contributed by atoms with Gasteiger partial charge < -0.3 is 10.1 Å². The van der Waals surface area contributed by atoms with Crippen LogP contribution in [0.3, 0.4) is 0 Å². The van der Waals surface area contributed by atoms with Gasteiger partial charge in [-0.2, -0.15) is 0 Å². The Balaban J connectivity index is 2.04. The summed E-state index contributed by atoms with van der Waals surface area (Å²) < 4.78 is 28.1. The summed E-state index contributed by atoms with van der Waals surface area (Å²) in [6.45, 7) is 0.0518. The molecule has 0 saturated heterocycles. The molecule has 7 heteroatoms. The molecule has 0 aliphatic carbocycles. The molecule has 26 heavy (non-hydrogen) atoms. The van der Waals surface area contributed by atoms with Crippen LogP contribution >= 0.6 is 0 Å². The molecule has 1 N–H and O–H groups in total. The highest BCUT2D eigenvalue weighted by Crippen LogP contribution is 2.07. The highest BCUT2D eigenvalue weighted by atomic mass is 32.2. The van der Waals surface area contributed by atoms with Gasteiger partial charge in [0.25, 0.3) is 5.91 Å². The van der Waals surface area contributed by atoms with E-state index in [1.54, 1.807) is 42.5 Å². The van der Waals surface area contributed by atoms with E-state index < -0.39 is 27.8 Å². The Hall–Kier alpha value is -2.67. The van der Waals surface area contributed by atoms with E-state index in [2.05, 4.69) is 5.32 Å². The Labute approximate surface area is 153 Å². The predicted molar refractivity (Wildman–Crippen MR) is 98.3 cm³/mol. The molecule has 2 aromatic carbocycles. The van der Waals surface area contributed by atoms with Crippen molar-refractivity contribution in [1.29, 1.82) is 0 Å². The molecule has 0 unspecified atom stereocenters. The SMILES string of the molecule is CS(=O)(=O)CC[C@H](NC(=O)c1ccccc1)C(=O)OCc1ccccc1. The third-order valence-corrected chi connectivity index (χ3v) is 4.60. The quantitative estimate of drug-likeness (QED) is 0.713. The molecule has 6 nitrogen and oxygen atoms in total. The lowest BCUT2D eigenvalue weighted by Crippen LogP contribution is -2.42. The van der Waals surface area contributed by atoms with Gasteiger partial charge in [0.1, 0.15) is 22.5 Å². The standard InChI is InChI=1S/C19H21NO5S/c1-26(23,24)13-12-17(20-18(21)16-10-6-3-7-11-16)19(22)25-14-15-8-4-2-5-9-15/h2-11,17H,12-14H2,1H3,(H,20,21)/t17-/m0/s1. The number of benzene rings is 2. The van der Waals surface area contributed by atoms with Crippen molar-refractivity contribution in [3.8, 4) is 0 Å². The normalized spacial score (nSPS) is 12.2. The first-order valence-electron chi connectivity index (χ1n) is 8.09. The van der Waals surface area contributed by atoms with Crippen molar-refractivity contribution in [1.82, 2.24) is 5.32 Å². The highest BCUT2D eigenvalue weighted by molar-refractivity contribution is 7.90. The van der Waals surface area contributed by atoms with Gasteiger partial charge in [-0.05, 0) is 24.1 Å². The zero-order valence-electron chi connectivity index (χ0n) is 14.4. The number of sulfone groups is 1. The number of nitrogens with one attached hydrogen (secondary N) is 1. The van der Waals surface area contributed by atoms with Gasteiger partial charge in [0, 0.05) is 11.8 Å². The van der Waals surface area contributed by atoms with Crippen molar-refractivity contribution in [2.45, 2.75) is 19.1 Å². The third-order valence-electron chi connectivity index (χ3n) is 3.63. The fourth-order valence-corrected chi connectivity index (χ4v) is 2.91. The van der Waals surface area contributed by atoms with Crippen LogP contribution in [0.15, 0.2) is 60.7 Å². The third kappa shape index (κ3) is 6.68. The minimum Gasteiger partial charge on any atom is -0.459 e. The van der Waals surface area contributed by atoms with Gasteiger partial charge >= 0.3 is 5.97 Å². The second kappa shape index (κ2) is 9.15. The summed E-state index contributed by atoms with van der Waals surface area (Å²) in [6.07, 6.45) is 1.03. The average molecular weight is 375 g/mol. The molecule has 0 radical (unpaired) electrons. The Kier molecular flexibility index (Phi) is 6.91. The first-order chi connectivity index (χ1) is 12.3. The number of carbonyl (C=O) groups is 2. The molecule has 1 atom stereocenters. The molecule has 1 amide bonds. The van der Waals surface area contributed by atoms with Crippen LogP contribution in [-0.4, -0.2) is 38.3 Å². The van der Waals surface area contributed by atoms with Gasteiger partial charge in [-0.1, -0.05) is 48.5 Å². The molecule has 0 fully saturated rings. The smallest absolute Gasteiger partial charge is 0.329 e. The maximum Gasteiger partial charge on any atom is 0.329 e. The van der Waals surface area contributed by atoms with E-state index >= 15 is 0 Å². The summed E-state index contributed by atoms with van der Waals surface area (Å²) in [5.41, 5.74) is 1.19. The number of hydrogen-bond acceptors (Lipinski definition) is 5. The predicted octanol–water partition coefficient (Wildman–Crippen LogP) is 1.96. The van der Waals surface area contributed by atoms with Crippen LogP contribution in [0.1, 0.15) is 22.3 Å². The van der Waals surface area contributed by atoms with E-state index in [1.165, 1.54) is 0 Å². The summed E-state index contributed by atoms with van der Waals surface area (Å²) >= 11 is 0. The lowest BCUT2D eigenvalue weighted by molar-refractivity contribution is -0.147. The molecular formula is C19H21NO5S. The van der Waals surface area contributed by atoms with Crippen molar-refractivity contribution in [3.05, 3.63) is 71.8 Å². The minimum absolute atomic E-state index is 0.0506. The number of carbonyl (C=O) groups excluding carboxylic acids is 2. The Morgan fingerprint density at radius 1 is 1.00 bits per heavy atom. The molecule has 0 spiro atoms. The van der Waals surface area contributed by atoms with Crippen LogP contribution in [0.5, 0.6) is 0 Å².